The molecule has 0 bridgehead atoms. The molecule has 6 aromatic rings. The second-order valence-corrected chi connectivity index (χ2v) is 8.98. The number of aromatic nitrogens is 3. The van der Waals surface area contributed by atoms with E-state index in [2.05, 4.69) is 36.0 Å². The van der Waals surface area contributed by atoms with Crippen LogP contribution in [0.25, 0.3) is 62.0 Å². The summed E-state index contributed by atoms with van der Waals surface area (Å²) in [6.07, 6.45) is 3.87. The van der Waals surface area contributed by atoms with Crippen LogP contribution in [0, 0.1) is 0 Å². The van der Waals surface area contributed by atoms with Crippen molar-refractivity contribution in [1.29, 1.82) is 0 Å². The monoisotopic (exact) mass is 500 g/mol. The van der Waals surface area contributed by atoms with E-state index in [0.717, 1.165) is 38.4 Å². The number of benzene rings is 4. The SMILES string of the molecule is C=Nc1oc2cc(Cl)cc(-c3nc(-c4ccccc4)nc(-c4ccc5ccccc5c4)n3)c2c1/C=C\C. The van der Waals surface area contributed by atoms with E-state index >= 15 is 0 Å². The molecule has 4 aromatic carbocycles. The van der Waals surface area contributed by atoms with Gasteiger partial charge in [-0.25, -0.2) is 19.9 Å². The Hall–Kier alpha value is -4.61. The smallest absolute Gasteiger partial charge is 0.226 e. The average molecular weight is 501 g/mol. The topological polar surface area (TPSA) is 64.2 Å². The predicted molar refractivity (Wildman–Crippen MR) is 152 cm³/mol. The lowest BCUT2D eigenvalue weighted by Crippen LogP contribution is -2.00. The Morgan fingerprint density at radius 3 is 2.24 bits per heavy atom. The Labute approximate surface area is 218 Å². The van der Waals surface area contributed by atoms with E-state index < -0.39 is 0 Å². The van der Waals surface area contributed by atoms with Gasteiger partial charge in [-0.15, -0.1) is 0 Å². The summed E-state index contributed by atoms with van der Waals surface area (Å²) in [5.74, 6) is 2.05. The first-order valence-electron chi connectivity index (χ1n) is 11.8. The molecular weight excluding hydrogens is 480 g/mol. The summed E-state index contributed by atoms with van der Waals surface area (Å²) in [7, 11) is 0. The number of halogens is 1. The maximum Gasteiger partial charge on any atom is 0.226 e. The number of nitrogens with zero attached hydrogens (tertiary/aromatic N) is 4. The third-order valence-corrected chi connectivity index (χ3v) is 6.38. The lowest BCUT2D eigenvalue weighted by Gasteiger charge is -2.10. The molecule has 0 radical (unpaired) electrons. The largest absolute Gasteiger partial charge is 0.438 e. The lowest BCUT2D eigenvalue weighted by molar-refractivity contribution is 0.626. The molecule has 0 amide bonds. The minimum absolute atomic E-state index is 0.420. The number of hydrogen-bond donors (Lipinski definition) is 0. The Morgan fingerprint density at radius 2 is 1.49 bits per heavy atom. The molecule has 2 aromatic heterocycles. The summed E-state index contributed by atoms with van der Waals surface area (Å²) in [6, 6.07) is 27.9. The second-order valence-electron chi connectivity index (χ2n) is 8.54. The summed E-state index contributed by atoms with van der Waals surface area (Å²) >= 11 is 6.54. The van der Waals surface area contributed by atoms with Gasteiger partial charge in [-0.2, -0.15) is 0 Å². The van der Waals surface area contributed by atoms with Crippen LogP contribution < -0.4 is 0 Å². The van der Waals surface area contributed by atoms with Crippen LogP contribution in [0.15, 0.2) is 100 Å². The van der Waals surface area contributed by atoms with Crippen molar-refractivity contribution in [1.82, 2.24) is 15.0 Å². The number of allylic oxidation sites excluding steroid dienone is 1. The van der Waals surface area contributed by atoms with Gasteiger partial charge in [-0.3, -0.25) is 0 Å². The highest BCUT2D eigenvalue weighted by molar-refractivity contribution is 6.32. The normalized spacial score (nSPS) is 11.5. The van der Waals surface area contributed by atoms with Crippen molar-refractivity contribution in [2.45, 2.75) is 6.92 Å². The molecule has 0 saturated carbocycles. The quantitative estimate of drug-likeness (QED) is 0.222. The van der Waals surface area contributed by atoms with Gasteiger partial charge in [-0.1, -0.05) is 90.5 Å². The predicted octanol–water partition coefficient (Wildman–Crippen LogP) is 8.79. The van der Waals surface area contributed by atoms with Crippen LogP contribution in [-0.4, -0.2) is 21.7 Å². The fraction of sp³-hybridized carbons (Fsp3) is 0.0323. The van der Waals surface area contributed by atoms with Gasteiger partial charge in [0.15, 0.2) is 17.5 Å². The van der Waals surface area contributed by atoms with Gasteiger partial charge in [0.1, 0.15) is 5.58 Å². The lowest BCUT2D eigenvalue weighted by atomic mass is 10.0. The third-order valence-electron chi connectivity index (χ3n) is 6.17. The molecule has 0 N–H and O–H groups in total. The first-order valence-corrected chi connectivity index (χ1v) is 12.2. The van der Waals surface area contributed by atoms with Crippen LogP contribution in [0.3, 0.4) is 0 Å². The maximum absolute atomic E-state index is 6.54. The van der Waals surface area contributed by atoms with E-state index in [1.54, 1.807) is 6.07 Å². The van der Waals surface area contributed by atoms with Crippen LogP contribution in [0.5, 0.6) is 0 Å². The standard InChI is InChI=1S/C31H21ClN4O/c1-3-9-24-27-25(17-23(32)18-26(27)37-31(24)33-2)30-35-28(20-11-5-4-6-12-20)34-29(36-30)22-15-14-19-10-7-8-13-21(19)16-22/h3-18H,2H2,1H3/b9-3-. The highest BCUT2D eigenvalue weighted by Gasteiger charge is 2.20. The van der Waals surface area contributed by atoms with Gasteiger partial charge in [0.05, 0.1) is 0 Å². The van der Waals surface area contributed by atoms with E-state index in [9.17, 15) is 0 Å². The molecule has 6 rings (SSSR count). The fourth-order valence-corrected chi connectivity index (χ4v) is 4.70. The molecule has 2 heterocycles. The molecule has 0 spiro atoms. The van der Waals surface area contributed by atoms with E-state index in [4.69, 9.17) is 31.0 Å². The van der Waals surface area contributed by atoms with Gasteiger partial charge in [0.2, 0.25) is 5.88 Å². The number of rotatable bonds is 5. The molecular formula is C31H21ClN4O. The Kier molecular flexibility index (Phi) is 5.83. The van der Waals surface area contributed by atoms with Crippen LogP contribution in [0.4, 0.5) is 5.88 Å². The summed E-state index contributed by atoms with van der Waals surface area (Å²) < 4.78 is 5.99. The van der Waals surface area contributed by atoms with Crippen LogP contribution >= 0.6 is 11.6 Å². The average Bonchev–Trinajstić information content (AvgIpc) is 3.29. The minimum Gasteiger partial charge on any atom is -0.438 e. The summed E-state index contributed by atoms with van der Waals surface area (Å²) in [4.78, 5) is 18.8. The van der Waals surface area contributed by atoms with Gasteiger partial charge in [0, 0.05) is 38.7 Å². The molecule has 0 fully saturated rings. The zero-order chi connectivity index (χ0) is 25.4. The van der Waals surface area contributed by atoms with Crippen molar-refractivity contribution in [2.75, 3.05) is 0 Å². The van der Waals surface area contributed by atoms with Crippen molar-refractivity contribution in [2.24, 2.45) is 4.99 Å². The molecule has 0 atom stereocenters. The molecule has 5 nitrogen and oxygen atoms in total. The Balaban J connectivity index is 1.66. The summed E-state index contributed by atoms with van der Waals surface area (Å²) in [5, 5.41) is 3.59. The molecule has 0 aliphatic carbocycles. The van der Waals surface area contributed by atoms with Crippen molar-refractivity contribution in [3.63, 3.8) is 0 Å². The Morgan fingerprint density at radius 1 is 0.784 bits per heavy atom. The summed E-state index contributed by atoms with van der Waals surface area (Å²) in [5.41, 5.74) is 3.91. The van der Waals surface area contributed by atoms with E-state index in [1.807, 2.05) is 73.7 Å². The van der Waals surface area contributed by atoms with Crippen LogP contribution in [0.2, 0.25) is 5.02 Å². The number of fused-ring (bicyclic) bond motifs is 2. The van der Waals surface area contributed by atoms with E-state index in [0.29, 0.717) is 34.0 Å². The zero-order valence-corrected chi connectivity index (χ0v) is 20.8. The van der Waals surface area contributed by atoms with E-state index in [1.165, 1.54) is 0 Å². The molecule has 6 heteroatoms. The van der Waals surface area contributed by atoms with Crippen molar-refractivity contribution in [3.05, 3.63) is 102 Å². The molecule has 0 saturated heterocycles. The Bertz CT molecular complexity index is 1820. The van der Waals surface area contributed by atoms with Crippen LogP contribution in [-0.2, 0) is 0 Å². The van der Waals surface area contributed by atoms with Gasteiger partial charge >= 0.3 is 0 Å². The molecule has 0 aliphatic rings. The molecule has 178 valence electrons. The first-order chi connectivity index (χ1) is 18.1. The number of aliphatic imine (C=N–C) groups is 1. The first kappa shape index (κ1) is 22.8. The molecule has 0 unspecified atom stereocenters. The molecule has 37 heavy (non-hydrogen) atoms. The van der Waals surface area contributed by atoms with Crippen molar-refractivity contribution < 1.29 is 4.42 Å². The van der Waals surface area contributed by atoms with E-state index in [-0.39, 0.29) is 0 Å². The van der Waals surface area contributed by atoms with Gasteiger partial charge < -0.3 is 4.42 Å². The van der Waals surface area contributed by atoms with Gasteiger partial charge in [0.25, 0.3) is 0 Å². The molecule has 0 aliphatic heterocycles. The van der Waals surface area contributed by atoms with Gasteiger partial charge in [-0.05, 0) is 36.5 Å². The maximum atomic E-state index is 6.54. The number of furan rings is 1. The zero-order valence-electron chi connectivity index (χ0n) is 20.0. The summed E-state index contributed by atoms with van der Waals surface area (Å²) in [6.45, 7) is 5.61. The third kappa shape index (κ3) is 4.20. The van der Waals surface area contributed by atoms with Crippen molar-refractivity contribution >= 4 is 52.0 Å². The second kappa shape index (κ2) is 9.45. The number of hydrogen-bond acceptors (Lipinski definition) is 5. The van der Waals surface area contributed by atoms with Crippen molar-refractivity contribution in [3.8, 4) is 34.2 Å². The highest BCUT2D eigenvalue weighted by Crippen LogP contribution is 2.41. The highest BCUT2D eigenvalue weighted by atomic mass is 35.5. The minimum atomic E-state index is 0.420. The fourth-order valence-electron chi connectivity index (χ4n) is 4.49. The van der Waals surface area contributed by atoms with Crippen LogP contribution in [0.1, 0.15) is 12.5 Å².